The number of hydrogen-bond acceptors (Lipinski definition) is 6. The molecule has 0 aliphatic carbocycles. The molecule has 0 radical (unpaired) electrons. The molecule has 144 valence electrons. The highest BCUT2D eigenvalue weighted by atomic mass is 16.7. The number of amides is 1. The third-order valence-electron chi connectivity index (χ3n) is 5.18. The quantitative estimate of drug-likeness (QED) is 0.699. The minimum atomic E-state index is -0.546. The highest BCUT2D eigenvalue weighted by Crippen LogP contribution is 2.27. The summed E-state index contributed by atoms with van der Waals surface area (Å²) in [6.45, 7) is 4.61. The van der Waals surface area contributed by atoms with Crippen molar-refractivity contribution in [3.63, 3.8) is 0 Å². The third-order valence-corrected chi connectivity index (χ3v) is 5.18. The van der Waals surface area contributed by atoms with Crippen molar-refractivity contribution in [3.8, 4) is 0 Å². The number of carbonyl (C=O) groups excluding carboxylic acids is 1. The number of nitrogens with one attached hydrogen (secondary N) is 2. The normalized spacial score (nSPS) is 20.7. The summed E-state index contributed by atoms with van der Waals surface area (Å²) in [5, 5.41) is 3.35. The minimum Gasteiger partial charge on any atom is -0.372 e. The van der Waals surface area contributed by atoms with Crippen LogP contribution in [0, 0.1) is 0 Å². The molecule has 1 fully saturated rings. The number of quaternary nitrogens is 1. The minimum absolute atomic E-state index is 0.119. The Morgan fingerprint density at radius 3 is 2.88 bits per heavy atom. The summed E-state index contributed by atoms with van der Waals surface area (Å²) >= 11 is 0. The van der Waals surface area contributed by atoms with Gasteiger partial charge in [-0.05, 0) is 37.3 Å². The molecule has 0 aromatic carbocycles. The van der Waals surface area contributed by atoms with Crippen molar-refractivity contribution in [1.82, 2.24) is 4.98 Å². The Kier molecular flexibility index (Phi) is 6.58. The summed E-state index contributed by atoms with van der Waals surface area (Å²) < 4.78 is 16.7. The van der Waals surface area contributed by atoms with E-state index in [9.17, 15) is 4.79 Å². The van der Waals surface area contributed by atoms with Crippen molar-refractivity contribution in [2.24, 2.45) is 0 Å². The fourth-order valence-electron chi connectivity index (χ4n) is 3.76. The molecule has 1 aromatic heterocycles. The van der Waals surface area contributed by atoms with Crippen LogP contribution in [0.5, 0.6) is 0 Å². The van der Waals surface area contributed by atoms with Crippen LogP contribution in [0.2, 0.25) is 0 Å². The van der Waals surface area contributed by atoms with Gasteiger partial charge in [0.25, 0.3) is 0 Å². The second-order valence-corrected chi connectivity index (χ2v) is 7.05. The Morgan fingerprint density at radius 2 is 2.23 bits per heavy atom. The highest BCUT2D eigenvalue weighted by Gasteiger charge is 2.28. The number of aromatic nitrogens is 1. The average molecular weight is 364 g/mol. The van der Waals surface area contributed by atoms with E-state index in [1.807, 2.05) is 0 Å². The summed E-state index contributed by atoms with van der Waals surface area (Å²) in [5.41, 5.74) is 2.94. The molecule has 2 N–H and O–H groups in total. The number of hydrogen-bond donors (Lipinski definition) is 2. The zero-order chi connectivity index (χ0) is 18.5. The van der Waals surface area contributed by atoms with Crippen LogP contribution >= 0.6 is 0 Å². The number of carbonyl (C=O) groups is 1. The second-order valence-electron chi connectivity index (χ2n) is 7.05. The standard InChI is InChI=1S/C19H29N3O4/c1-13(23)22(12-16-7-5-9-26-16)11-15-10-14-6-4-8-20-18(14)21-17(15)19(24-2)25-3/h10,16,19H,4-9,11-12H2,1-3H3,(H,20,21)/p+1. The van der Waals surface area contributed by atoms with Gasteiger partial charge in [0.15, 0.2) is 0 Å². The summed E-state index contributed by atoms with van der Waals surface area (Å²) in [6, 6.07) is 2.16. The Bertz CT molecular complexity index is 627. The molecule has 1 saturated heterocycles. The number of pyridine rings is 1. The fourth-order valence-corrected chi connectivity index (χ4v) is 3.76. The van der Waals surface area contributed by atoms with Gasteiger partial charge in [-0.3, -0.25) is 4.90 Å². The van der Waals surface area contributed by atoms with E-state index in [1.165, 1.54) is 5.56 Å². The molecule has 0 saturated carbocycles. The van der Waals surface area contributed by atoms with Crippen molar-refractivity contribution in [2.75, 3.05) is 39.2 Å². The molecular formula is C19H30N3O4+. The van der Waals surface area contributed by atoms with E-state index in [1.54, 1.807) is 21.1 Å². The highest BCUT2D eigenvalue weighted by molar-refractivity contribution is 5.63. The Balaban J connectivity index is 1.88. The van der Waals surface area contributed by atoms with Gasteiger partial charge in [-0.15, -0.1) is 0 Å². The molecule has 26 heavy (non-hydrogen) atoms. The SMILES string of the molecule is COC(OC)c1nc2c(cc1C[NH+](CC1CCCO1)C(C)=O)CCCN2. The lowest BCUT2D eigenvalue weighted by Gasteiger charge is -2.25. The van der Waals surface area contributed by atoms with Crippen molar-refractivity contribution in [1.29, 1.82) is 0 Å². The zero-order valence-electron chi connectivity index (χ0n) is 16.0. The summed E-state index contributed by atoms with van der Waals surface area (Å²) in [4.78, 5) is 17.9. The van der Waals surface area contributed by atoms with Gasteiger partial charge in [0.1, 0.15) is 30.7 Å². The first kappa shape index (κ1) is 19.2. The van der Waals surface area contributed by atoms with Gasteiger partial charge in [0, 0.05) is 32.9 Å². The smallest absolute Gasteiger partial charge is 0.309 e. The first-order valence-corrected chi connectivity index (χ1v) is 9.41. The van der Waals surface area contributed by atoms with E-state index in [0.29, 0.717) is 13.1 Å². The summed E-state index contributed by atoms with van der Waals surface area (Å²) in [5.74, 6) is 1.02. The number of fused-ring (bicyclic) bond motifs is 1. The molecule has 2 unspecified atom stereocenters. The van der Waals surface area contributed by atoms with Crippen molar-refractivity contribution in [3.05, 3.63) is 22.9 Å². The average Bonchev–Trinajstić information content (AvgIpc) is 3.15. The summed E-state index contributed by atoms with van der Waals surface area (Å²) in [6.07, 6.45) is 3.79. The molecule has 0 bridgehead atoms. The van der Waals surface area contributed by atoms with Crippen LogP contribution in [-0.4, -0.2) is 50.9 Å². The molecule has 1 aromatic rings. The topological polar surface area (TPSA) is 74.1 Å². The van der Waals surface area contributed by atoms with E-state index < -0.39 is 6.29 Å². The predicted molar refractivity (Wildman–Crippen MR) is 97.0 cm³/mol. The largest absolute Gasteiger partial charge is 0.372 e. The van der Waals surface area contributed by atoms with Crippen LogP contribution in [0.3, 0.4) is 0 Å². The Labute approximate surface area is 155 Å². The maximum absolute atomic E-state index is 12.3. The van der Waals surface area contributed by atoms with Crippen LogP contribution < -0.4 is 10.2 Å². The first-order chi connectivity index (χ1) is 12.6. The van der Waals surface area contributed by atoms with Crippen molar-refractivity contribution >= 4 is 11.7 Å². The van der Waals surface area contributed by atoms with E-state index in [-0.39, 0.29) is 12.0 Å². The molecule has 3 rings (SSSR count). The number of nitrogens with zero attached hydrogens (tertiary/aromatic N) is 1. The van der Waals surface area contributed by atoms with E-state index in [0.717, 1.165) is 60.8 Å². The number of anilines is 1. The van der Waals surface area contributed by atoms with Crippen molar-refractivity contribution < 1.29 is 23.9 Å². The van der Waals surface area contributed by atoms with Crippen LogP contribution in [0.25, 0.3) is 0 Å². The number of methoxy groups -OCH3 is 2. The second kappa shape index (κ2) is 8.90. The predicted octanol–water partition coefficient (Wildman–Crippen LogP) is 0.842. The van der Waals surface area contributed by atoms with Gasteiger partial charge < -0.3 is 19.5 Å². The van der Waals surface area contributed by atoms with E-state index >= 15 is 0 Å². The molecule has 0 spiro atoms. The lowest BCUT2D eigenvalue weighted by atomic mass is 10.0. The number of rotatable bonds is 7. The molecule has 3 heterocycles. The lowest BCUT2D eigenvalue weighted by molar-refractivity contribution is -0.838. The van der Waals surface area contributed by atoms with E-state index in [4.69, 9.17) is 19.2 Å². The zero-order valence-corrected chi connectivity index (χ0v) is 16.0. The van der Waals surface area contributed by atoms with Gasteiger partial charge in [-0.1, -0.05) is 0 Å². The molecule has 2 aliphatic rings. The van der Waals surface area contributed by atoms with Gasteiger partial charge in [0.2, 0.25) is 6.29 Å². The molecule has 1 amide bonds. The van der Waals surface area contributed by atoms with Crippen LogP contribution in [0.4, 0.5) is 5.82 Å². The first-order valence-electron chi connectivity index (χ1n) is 9.41. The monoisotopic (exact) mass is 364 g/mol. The number of aryl methyl sites for hydroxylation is 1. The molecule has 2 aliphatic heterocycles. The fraction of sp³-hybridized carbons (Fsp3) is 0.684. The lowest BCUT2D eigenvalue weighted by Crippen LogP contribution is -3.14. The van der Waals surface area contributed by atoms with Crippen LogP contribution in [0.15, 0.2) is 6.07 Å². The number of ether oxygens (including phenoxy) is 3. The molecule has 7 nitrogen and oxygen atoms in total. The van der Waals surface area contributed by atoms with Crippen LogP contribution in [-0.2, 0) is 32.0 Å². The van der Waals surface area contributed by atoms with Gasteiger partial charge in [-0.25, -0.2) is 9.78 Å². The van der Waals surface area contributed by atoms with Gasteiger partial charge in [-0.2, -0.15) is 0 Å². The van der Waals surface area contributed by atoms with E-state index in [2.05, 4.69) is 11.4 Å². The summed E-state index contributed by atoms with van der Waals surface area (Å²) in [7, 11) is 3.21. The maximum atomic E-state index is 12.3. The van der Waals surface area contributed by atoms with Crippen molar-refractivity contribution in [2.45, 2.75) is 51.5 Å². The molecular weight excluding hydrogens is 334 g/mol. The maximum Gasteiger partial charge on any atom is 0.309 e. The molecule has 7 heteroatoms. The molecule has 2 atom stereocenters. The van der Waals surface area contributed by atoms with Crippen LogP contribution in [0.1, 0.15) is 49.3 Å². The van der Waals surface area contributed by atoms with Gasteiger partial charge >= 0.3 is 5.91 Å². The Morgan fingerprint density at radius 1 is 1.42 bits per heavy atom. The Hall–Kier alpha value is -1.54. The van der Waals surface area contributed by atoms with Gasteiger partial charge in [0.05, 0.1) is 6.92 Å². The third kappa shape index (κ3) is 4.40.